The molecular weight excluding hydrogens is 763 g/mol. The second-order valence-corrected chi connectivity index (χ2v) is 14.9. The zero-order valence-electron chi connectivity index (χ0n) is 32.5. The van der Waals surface area contributed by atoms with Crippen molar-refractivity contribution in [1.29, 1.82) is 0 Å². The number of hydrogen-bond donors (Lipinski definition) is 4. The molecular formula is C52H36BO8-. The third-order valence-electron chi connectivity index (χ3n) is 11.5. The van der Waals surface area contributed by atoms with Gasteiger partial charge in [-0.15, -0.1) is 0 Å². The standard InChI is InChI=1S/C52H36BO8/c54-49(55)41-9-1-33(2-10-41)37-17-25-45(26-18-37)53(46-27-19-38(20-28-46)34-3-11-42(12-4-34)50(56)57,47-29-21-39(22-30-47)35-5-13-43(14-6-35)51(58)59)48-31-23-40(24-32-48)36-7-15-44(16-8-36)52(60)61/h1-32H,(H,54,55)(H,56,57)(H,58,59)(H,60,61)/q-1. The van der Waals surface area contributed by atoms with Crippen molar-refractivity contribution in [3.05, 3.63) is 216 Å². The fourth-order valence-electron chi connectivity index (χ4n) is 8.23. The van der Waals surface area contributed by atoms with Crippen LogP contribution in [-0.4, -0.2) is 50.4 Å². The van der Waals surface area contributed by atoms with Crippen molar-refractivity contribution in [2.45, 2.75) is 0 Å². The predicted octanol–water partition coefficient (Wildman–Crippen LogP) is 8.52. The average Bonchev–Trinajstić information content (AvgIpc) is 3.30. The predicted molar refractivity (Wildman–Crippen MR) is 240 cm³/mol. The van der Waals surface area contributed by atoms with Crippen molar-refractivity contribution in [3.63, 3.8) is 0 Å². The Labute approximate surface area is 351 Å². The molecule has 0 spiro atoms. The Hall–Kier alpha value is -8.30. The van der Waals surface area contributed by atoms with E-state index in [0.29, 0.717) is 0 Å². The Bertz CT molecular complexity index is 2480. The van der Waals surface area contributed by atoms with Crippen molar-refractivity contribution in [2.24, 2.45) is 0 Å². The van der Waals surface area contributed by atoms with Gasteiger partial charge in [-0.2, -0.15) is 21.9 Å². The number of aromatic carboxylic acids is 4. The summed E-state index contributed by atoms with van der Waals surface area (Å²) in [6.07, 6.45) is -1.95. The van der Waals surface area contributed by atoms with E-state index < -0.39 is 30.0 Å². The van der Waals surface area contributed by atoms with Crippen molar-refractivity contribution < 1.29 is 39.6 Å². The molecule has 0 aliphatic carbocycles. The molecule has 0 aromatic heterocycles. The molecule has 8 aromatic carbocycles. The van der Waals surface area contributed by atoms with E-state index in [-0.39, 0.29) is 22.3 Å². The maximum atomic E-state index is 11.6. The molecule has 0 amide bonds. The highest BCUT2D eigenvalue weighted by molar-refractivity contribution is 7.19. The van der Waals surface area contributed by atoms with Gasteiger partial charge in [0, 0.05) is 0 Å². The Kier molecular flexibility index (Phi) is 10.7. The summed E-state index contributed by atoms with van der Waals surface area (Å²) in [5.41, 5.74) is 11.9. The van der Waals surface area contributed by atoms with Crippen LogP contribution in [0.1, 0.15) is 41.4 Å². The Morgan fingerprint density at radius 2 is 0.361 bits per heavy atom. The quantitative estimate of drug-likeness (QED) is 0.0900. The van der Waals surface area contributed by atoms with E-state index in [2.05, 4.69) is 48.5 Å². The summed E-state index contributed by atoms with van der Waals surface area (Å²) in [7, 11) is 0. The summed E-state index contributed by atoms with van der Waals surface area (Å²) in [5.74, 6) is -3.98. The van der Waals surface area contributed by atoms with E-state index in [9.17, 15) is 39.6 Å². The molecule has 0 radical (unpaired) electrons. The molecule has 8 rings (SSSR count). The van der Waals surface area contributed by atoms with Crippen LogP contribution in [0.3, 0.4) is 0 Å². The zero-order valence-corrected chi connectivity index (χ0v) is 32.5. The van der Waals surface area contributed by atoms with Crippen molar-refractivity contribution in [1.82, 2.24) is 0 Å². The first-order valence-electron chi connectivity index (χ1n) is 19.4. The van der Waals surface area contributed by atoms with E-state index >= 15 is 0 Å². The molecule has 8 nitrogen and oxygen atoms in total. The third-order valence-corrected chi connectivity index (χ3v) is 11.5. The minimum Gasteiger partial charge on any atom is -0.478 e. The number of benzene rings is 8. The van der Waals surface area contributed by atoms with Gasteiger partial charge in [0.2, 0.25) is 0 Å². The van der Waals surface area contributed by atoms with Gasteiger partial charge in [-0.3, -0.25) is 0 Å². The van der Waals surface area contributed by atoms with Crippen LogP contribution in [0, 0.1) is 0 Å². The third kappa shape index (κ3) is 7.83. The lowest BCUT2D eigenvalue weighted by molar-refractivity contribution is 0.0686. The average molecular weight is 800 g/mol. The van der Waals surface area contributed by atoms with Gasteiger partial charge in [0.25, 0.3) is 0 Å². The maximum absolute atomic E-state index is 11.6. The smallest absolute Gasteiger partial charge is 0.335 e. The van der Waals surface area contributed by atoms with Gasteiger partial charge in [-0.05, 0) is 93.0 Å². The number of carboxylic acids is 4. The summed E-state index contributed by atoms with van der Waals surface area (Å²) in [5, 5.41) is 37.9. The fraction of sp³-hybridized carbons (Fsp3) is 0. The van der Waals surface area contributed by atoms with Gasteiger partial charge in [0.15, 0.2) is 0 Å². The molecule has 0 heterocycles. The molecule has 4 N–H and O–H groups in total. The molecule has 0 saturated carbocycles. The van der Waals surface area contributed by atoms with E-state index in [1.54, 1.807) is 97.1 Å². The summed E-state index contributed by atoms with van der Waals surface area (Å²) >= 11 is 0. The number of hydrogen-bond acceptors (Lipinski definition) is 4. The van der Waals surface area contributed by atoms with Crippen molar-refractivity contribution in [2.75, 3.05) is 0 Å². The van der Waals surface area contributed by atoms with E-state index in [0.717, 1.165) is 66.4 Å². The molecule has 0 bridgehead atoms. The zero-order chi connectivity index (χ0) is 42.7. The summed E-state index contributed by atoms with van der Waals surface area (Å²) in [6.45, 7) is 0. The molecule has 0 unspecified atom stereocenters. The maximum Gasteiger partial charge on any atom is 0.335 e. The molecule has 9 heteroatoms. The van der Waals surface area contributed by atoms with Crippen molar-refractivity contribution in [3.8, 4) is 44.5 Å². The molecule has 0 saturated heterocycles. The monoisotopic (exact) mass is 799 g/mol. The van der Waals surface area contributed by atoms with Crippen LogP contribution in [0.15, 0.2) is 194 Å². The van der Waals surface area contributed by atoms with Crippen molar-refractivity contribution >= 4 is 51.9 Å². The topological polar surface area (TPSA) is 149 Å². The molecule has 0 fully saturated rings. The lowest BCUT2D eigenvalue weighted by Crippen LogP contribution is -2.74. The highest BCUT2D eigenvalue weighted by Crippen LogP contribution is 2.26. The lowest BCUT2D eigenvalue weighted by atomic mass is 9.13. The first kappa shape index (κ1) is 39.5. The van der Waals surface area contributed by atoms with E-state index in [1.165, 1.54) is 0 Å². The van der Waals surface area contributed by atoms with Crippen LogP contribution in [-0.2, 0) is 0 Å². The largest absolute Gasteiger partial charge is 0.478 e. The molecule has 0 aliphatic rings. The second kappa shape index (κ2) is 16.5. The van der Waals surface area contributed by atoms with Crippen LogP contribution in [0.4, 0.5) is 0 Å². The van der Waals surface area contributed by atoms with Crippen LogP contribution in [0.25, 0.3) is 44.5 Å². The highest BCUT2D eigenvalue weighted by atomic mass is 16.4. The van der Waals surface area contributed by atoms with Crippen LogP contribution >= 0.6 is 0 Å². The molecule has 0 atom stereocenters. The second-order valence-electron chi connectivity index (χ2n) is 14.9. The normalized spacial score (nSPS) is 11.1. The SMILES string of the molecule is O=C(O)c1ccc(-c2ccc([B-](c3ccc(-c4ccc(C(=O)O)cc4)cc3)(c3ccc(-c4ccc(C(=O)O)cc4)cc3)c3ccc(-c4ccc(C(=O)O)cc4)cc3)cc2)cc1. The molecule has 8 aromatic rings. The van der Waals surface area contributed by atoms with Crippen LogP contribution in [0.5, 0.6) is 0 Å². The number of carboxylic acid groups (broad SMARTS) is 4. The first-order valence-corrected chi connectivity index (χ1v) is 19.4. The number of rotatable bonds is 12. The Balaban J connectivity index is 1.31. The molecule has 0 aliphatic heterocycles. The summed E-state index contributed by atoms with van der Waals surface area (Å²) in [4.78, 5) is 46.3. The van der Waals surface area contributed by atoms with Gasteiger partial charge >= 0.3 is 23.9 Å². The molecule has 61 heavy (non-hydrogen) atoms. The van der Waals surface area contributed by atoms with Gasteiger partial charge in [0.1, 0.15) is 6.15 Å². The summed E-state index contributed by atoms with van der Waals surface area (Å²) < 4.78 is 0. The highest BCUT2D eigenvalue weighted by Gasteiger charge is 2.32. The first-order chi connectivity index (χ1) is 29.5. The summed E-state index contributed by atoms with van der Waals surface area (Å²) in [6, 6.07) is 60.2. The minimum absolute atomic E-state index is 0.201. The van der Waals surface area contributed by atoms with E-state index in [4.69, 9.17) is 0 Å². The van der Waals surface area contributed by atoms with Gasteiger partial charge < -0.3 is 20.4 Å². The number of carbonyl (C=O) groups is 4. The van der Waals surface area contributed by atoms with E-state index in [1.807, 2.05) is 48.5 Å². The van der Waals surface area contributed by atoms with Gasteiger partial charge in [-0.25, -0.2) is 19.2 Å². The van der Waals surface area contributed by atoms with Crippen LogP contribution < -0.4 is 21.9 Å². The minimum atomic E-state index is -1.95. The van der Waals surface area contributed by atoms with Gasteiger partial charge in [0.05, 0.1) is 22.3 Å². The molecule has 296 valence electrons. The Morgan fingerprint density at radius 3 is 0.492 bits per heavy atom. The fourth-order valence-corrected chi connectivity index (χ4v) is 8.23. The Morgan fingerprint density at radius 1 is 0.230 bits per heavy atom. The van der Waals surface area contributed by atoms with Crippen LogP contribution in [0.2, 0.25) is 0 Å². The lowest BCUT2D eigenvalue weighted by Gasteiger charge is -2.44. The van der Waals surface area contributed by atoms with Gasteiger partial charge in [-0.1, -0.05) is 146 Å².